The molecule has 0 aromatic carbocycles. The van der Waals surface area contributed by atoms with Crippen LogP contribution < -0.4 is 0 Å². The molecule has 0 unspecified atom stereocenters. The van der Waals surface area contributed by atoms with E-state index in [0.29, 0.717) is 23.4 Å². The predicted molar refractivity (Wildman–Crippen MR) is 107 cm³/mol. The number of hydrogen-bond donors (Lipinski definition) is 2. The van der Waals surface area contributed by atoms with Crippen molar-refractivity contribution in [3.63, 3.8) is 0 Å². The second-order valence-corrected chi connectivity index (χ2v) is 11.3. The fourth-order valence-corrected chi connectivity index (χ4v) is 8.75. The van der Waals surface area contributed by atoms with Crippen molar-refractivity contribution in [2.45, 2.75) is 97.5 Å². The van der Waals surface area contributed by atoms with E-state index in [0.717, 1.165) is 48.9 Å². The first-order valence-corrected chi connectivity index (χ1v) is 11.6. The van der Waals surface area contributed by atoms with E-state index >= 15 is 0 Å². The van der Waals surface area contributed by atoms with Gasteiger partial charge in [0.05, 0.1) is 5.60 Å². The van der Waals surface area contributed by atoms with Gasteiger partial charge < -0.3 is 10.2 Å². The molecule has 0 radical (unpaired) electrons. The topological polar surface area (TPSA) is 40.5 Å². The first-order valence-electron chi connectivity index (χ1n) is 11.6. The lowest BCUT2D eigenvalue weighted by Crippen LogP contribution is -2.56. The van der Waals surface area contributed by atoms with E-state index in [1.807, 2.05) is 0 Å². The number of rotatable bonds is 3. The Morgan fingerprint density at radius 2 is 1.65 bits per heavy atom. The second kappa shape index (κ2) is 6.48. The summed E-state index contributed by atoms with van der Waals surface area (Å²) in [6, 6.07) is 0. The molecule has 0 aromatic heterocycles. The van der Waals surface area contributed by atoms with Crippen molar-refractivity contribution in [1.29, 1.82) is 0 Å². The molecule has 0 heterocycles. The van der Waals surface area contributed by atoms with Crippen LogP contribution in [0.25, 0.3) is 0 Å². The highest BCUT2D eigenvalue weighted by Gasteiger charge is 2.61. The third kappa shape index (κ3) is 2.65. The maximum atomic E-state index is 10.9. The quantitative estimate of drug-likeness (QED) is 0.704. The Morgan fingerprint density at radius 3 is 2.35 bits per heavy atom. The van der Waals surface area contributed by atoms with Crippen LogP contribution in [0, 0.1) is 46.3 Å². The smallest absolute Gasteiger partial charge is 0.0648 e. The zero-order valence-electron chi connectivity index (χ0n) is 17.6. The van der Waals surface area contributed by atoms with Crippen molar-refractivity contribution in [3.05, 3.63) is 0 Å². The summed E-state index contributed by atoms with van der Waals surface area (Å²) in [6.45, 7) is 9.96. The Hall–Kier alpha value is -0.0800. The van der Waals surface area contributed by atoms with Crippen LogP contribution in [0.5, 0.6) is 0 Å². The maximum Gasteiger partial charge on any atom is 0.0648 e. The molecule has 4 aliphatic carbocycles. The van der Waals surface area contributed by atoms with Gasteiger partial charge in [0.15, 0.2) is 0 Å². The Kier molecular flexibility index (Phi) is 4.79. The summed E-state index contributed by atoms with van der Waals surface area (Å²) in [5.74, 6) is 4.58. The summed E-state index contributed by atoms with van der Waals surface area (Å²) in [5.41, 5.74) is 0.548. The third-order valence-corrected chi connectivity index (χ3v) is 10.5. The summed E-state index contributed by atoms with van der Waals surface area (Å²) in [7, 11) is 0. The summed E-state index contributed by atoms with van der Waals surface area (Å²) in [5, 5.41) is 20.7. The summed E-state index contributed by atoms with van der Waals surface area (Å²) in [4.78, 5) is 0. The van der Waals surface area contributed by atoms with Crippen molar-refractivity contribution in [1.82, 2.24) is 0 Å². The highest BCUT2D eigenvalue weighted by molar-refractivity contribution is 5.10. The molecule has 0 bridgehead atoms. The summed E-state index contributed by atoms with van der Waals surface area (Å²) < 4.78 is 0. The Bertz CT molecular complexity index is 532. The van der Waals surface area contributed by atoms with E-state index in [2.05, 4.69) is 27.7 Å². The molecule has 26 heavy (non-hydrogen) atoms. The van der Waals surface area contributed by atoms with E-state index < -0.39 is 0 Å². The fourth-order valence-electron chi connectivity index (χ4n) is 8.75. The minimum absolute atomic E-state index is 0.358. The number of aliphatic hydroxyl groups excluding tert-OH is 1. The minimum atomic E-state index is -0.380. The molecule has 4 aliphatic rings. The normalized spacial score (nSPS) is 54.9. The number of hydrogen-bond acceptors (Lipinski definition) is 2. The second-order valence-electron chi connectivity index (χ2n) is 11.3. The zero-order chi connectivity index (χ0) is 18.7. The van der Waals surface area contributed by atoms with Gasteiger partial charge in [0.1, 0.15) is 0 Å². The average molecular weight is 363 g/mol. The molecule has 150 valence electrons. The lowest BCUT2D eigenvalue weighted by Gasteiger charge is -2.62. The number of fused-ring (bicyclic) bond motifs is 5. The van der Waals surface area contributed by atoms with Crippen LogP contribution in [0.2, 0.25) is 0 Å². The first-order chi connectivity index (χ1) is 12.3. The van der Waals surface area contributed by atoms with Gasteiger partial charge in [-0.15, -0.1) is 0 Å². The van der Waals surface area contributed by atoms with E-state index in [9.17, 15) is 10.2 Å². The van der Waals surface area contributed by atoms with Crippen LogP contribution in [0.3, 0.4) is 0 Å². The van der Waals surface area contributed by atoms with Crippen LogP contribution in [0.15, 0.2) is 0 Å². The van der Waals surface area contributed by atoms with Gasteiger partial charge >= 0.3 is 0 Å². The van der Waals surface area contributed by atoms with Gasteiger partial charge in [0.25, 0.3) is 0 Å². The van der Waals surface area contributed by atoms with Crippen LogP contribution in [-0.4, -0.2) is 22.4 Å². The minimum Gasteiger partial charge on any atom is -0.396 e. The highest BCUT2D eigenvalue weighted by Crippen LogP contribution is 2.68. The molecule has 4 fully saturated rings. The molecule has 4 rings (SSSR count). The third-order valence-electron chi connectivity index (χ3n) is 10.5. The van der Waals surface area contributed by atoms with Gasteiger partial charge in [-0.2, -0.15) is 0 Å². The fraction of sp³-hybridized carbons (Fsp3) is 1.00. The van der Waals surface area contributed by atoms with Crippen molar-refractivity contribution < 1.29 is 10.2 Å². The molecular weight excluding hydrogens is 320 g/mol. The highest BCUT2D eigenvalue weighted by atomic mass is 16.3. The van der Waals surface area contributed by atoms with Gasteiger partial charge in [0.2, 0.25) is 0 Å². The average Bonchev–Trinajstić information content (AvgIpc) is 2.99. The molecular formula is C24H42O2. The van der Waals surface area contributed by atoms with Gasteiger partial charge in [-0.3, -0.25) is 0 Å². The van der Waals surface area contributed by atoms with Crippen LogP contribution in [-0.2, 0) is 0 Å². The van der Waals surface area contributed by atoms with E-state index in [4.69, 9.17) is 0 Å². The van der Waals surface area contributed by atoms with Gasteiger partial charge in [0, 0.05) is 6.61 Å². The van der Waals surface area contributed by atoms with E-state index in [-0.39, 0.29) is 5.60 Å². The molecule has 0 aromatic rings. The largest absolute Gasteiger partial charge is 0.396 e. The van der Waals surface area contributed by atoms with Crippen molar-refractivity contribution >= 4 is 0 Å². The number of aliphatic hydroxyl groups is 2. The van der Waals surface area contributed by atoms with Crippen molar-refractivity contribution in [2.24, 2.45) is 46.3 Å². The Labute approximate surface area is 161 Å². The molecule has 0 saturated heterocycles. The first kappa shape index (κ1) is 19.2. The van der Waals surface area contributed by atoms with Crippen LogP contribution >= 0.6 is 0 Å². The molecule has 2 heteroatoms. The monoisotopic (exact) mass is 362 g/mol. The van der Waals surface area contributed by atoms with E-state index in [1.165, 1.54) is 44.9 Å². The summed E-state index contributed by atoms with van der Waals surface area (Å²) >= 11 is 0. The zero-order valence-corrected chi connectivity index (χ0v) is 17.6. The summed E-state index contributed by atoms with van der Waals surface area (Å²) in [6.07, 6.45) is 12.5. The Morgan fingerprint density at radius 1 is 0.923 bits per heavy atom. The van der Waals surface area contributed by atoms with Crippen LogP contribution in [0.1, 0.15) is 91.9 Å². The maximum absolute atomic E-state index is 10.9. The lowest BCUT2D eigenvalue weighted by molar-refractivity contribution is -0.153. The molecule has 0 aliphatic heterocycles. The Balaban J connectivity index is 1.57. The van der Waals surface area contributed by atoms with E-state index in [1.54, 1.807) is 0 Å². The van der Waals surface area contributed by atoms with Crippen molar-refractivity contribution in [2.75, 3.05) is 6.61 Å². The molecule has 2 nitrogen and oxygen atoms in total. The van der Waals surface area contributed by atoms with Gasteiger partial charge in [-0.05, 0) is 111 Å². The van der Waals surface area contributed by atoms with Gasteiger partial charge in [-0.1, -0.05) is 27.7 Å². The molecule has 9 atom stereocenters. The standard InChI is InChI=1S/C24H42O2/c1-5-24(26)13-12-22(3)17(14-24)6-7-18-20-9-8-19(16(2)15-25)23(20,4)11-10-21(18)22/h16-21,25-26H,5-15H2,1-4H3/t16-,17-,18+,19-,20+,21+,22+,23-,24+/m1/s1. The van der Waals surface area contributed by atoms with Crippen molar-refractivity contribution in [3.8, 4) is 0 Å². The SMILES string of the molecule is CC[C@]1(O)CC[C@@]2(C)[C@H](CC[C@@H]3[C@@H]2CC[C@]2(C)[C@@H]([C@H](C)CO)CC[C@@H]32)C1. The van der Waals surface area contributed by atoms with Crippen LogP contribution in [0.4, 0.5) is 0 Å². The molecule has 0 spiro atoms. The molecule has 4 saturated carbocycles. The molecule has 2 N–H and O–H groups in total. The predicted octanol–water partition coefficient (Wildman–Crippen LogP) is 5.41. The molecule has 0 amide bonds. The van der Waals surface area contributed by atoms with Gasteiger partial charge in [-0.25, -0.2) is 0 Å². The lowest BCUT2D eigenvalue weighted by atomic mass is 9.43.